The molecule has 1 N–H and O–H groups in total. The van der Waals surface area contributed by atoms with Gasteiger partial charge in [-0.05, 0) is 62.4 Å². The lowest BCUT2D eigenvalue weighted by molar-refractivity contribution is 0.228. The van der Waals surface area contributed by atoms with Crippen LogP contribution in [0.2, 0.25) is 0 Å². The first kappa shape index (κ1) is 10.9. The van der Waals surface area contributed by atoms with Crippen molar-refractivity contribution in [3.63, 3.8) is 0 Å². The summed E-state index contributed by atoms with van der Waals surface area (Å²) < 4.78 is 0. The van der Waals surface area contributed by atoms with E-state index in [4.69, 9.17) is 0 Å². The molecule has 5 unspecified atom stereocenters. The second-order valence-electron chi connectivity index (χ2n) is 5.38. The van der Waals surface area contributed by atoms with E-state index in [0.29, 0.717) is 0 Å². The Morgan fingerprint density at radius 3 is 2.33 bits per heavy atom. The van der Waals surface area contributed by atoms with Gasteiger partial charge in [0.05, 0.1) is 6.10 Å². The molecule has 2 bridgehead atoms. The number of aliphatic hydroxyl groups excluding tert-OH is 1. The average Bonchev–Trinajstić information content (AvgIpc) is 2.75. The smallest absolute Gasteiger partial charge is 0.0719 e. The zero-order valence-corrected chi connectivity index (χ0v) is 9.82. The van der Waals surface area contributed by atoms with Gasteiger partial charge in [0.15, 0.2) is 0 Å². The fourth-order valence-corrected chi connectivity index (χ4v) is 3.33. The van der Waals surface area contributed by atoms with Gasteiger partial charge in [0, 0.05) is 0 Å². The predicted molar refractivity (Wildman–Crippen MR) is 63.4 cm³/mol. The van der Waals surface area contributed by atoms with E-state index >= 15 is 0 Å². The molecule has 2 fully saturated rings. The molecular weight excluding hydrogens is 184 g/mol. The molecule has 15 heavy (non-hydrogen) atoms. The molecule has 1 heteroatoms. The van der Waals surface area contributed by atoms with Gasteiger partial charge in [0.25, 0.3) is 0 Å². The fourth-order valence-electron chi connectivity index (χ4n) is 3.33. The van der Waals surface area contributed by atoms with Crippen molar-refractivity contribution in [2.75, 3.05) is 0 Å². The number of fused-ring (bicyclic) bond motifs is 2. The van der Waals surface area contributed by atoms with Gasteiger partial charge in [-0.15, -0.1) is 6.58 Å². The highest BCUT2D eigenvalue weighted by atomic mass is 16.3. The summed E-state index contributed by atoms with van der Waals surface area (Å²) in [5.41, 5.74) is 1.14. The monoisotopic (exact) mass is 206 g/mol. The molecule has 0 aromatic heterocycles. The van der Waals surface area contributed by atoms with E-state index in [-0.39, 0.29) is 6.10 Å². The third kappa shape index (κ3) is 2.03. The molecule has 0 aromatic rings. The van der Waals surface area contributed by atoms with Crippen LogP contribution < -0.4 is 0 Å². The van der Waals surface area contributed by atoms with Crippen LogP contribution in [0.4, 0.5) is 0 Å². The molecule has 2 aliphatic carbocycles. The highest BCUT2D eigenvalue weighted by Crippen LogP contribution is 2.52. The fraction of sp³-hybridized carbons (Fsp3) is 0.714. The third-order valence-electron chi connectivity index (χ3n) is 4.41. The maximum atomic E-state index is 9.47. The first-order valence-electron chi connectivity index (χ1n) is 6.10. The van der Waals surface area contributed by atoms with Gasteiger partial charge in [-0.2, -0.15) is 0 Å². The molecule has 2 aliphatic rings. The SMILES string of the molecule is C=CC1CC2CC1CC2C=C(C)C(C)O. The van der Waals surface area contributed by atoms with Crippen LogP contribution in [0.3, 0.4) is 0 Å². The van der Waals surface area contributed by atoms with Crippen LogP contribution in [-0.4, -0.2) is 11.2 Å². The van der Waals surface area contributed by atoms with Gasteiger partial charge >= 0.3 is 0 Å². The van der Waals surface area contributed by atoms with E-state index < -0.39 is 0 Å². The Hall–Kier alpha value is -0.560. The molecule has 2 rings (SSSR count). The summed E-state index contributed by atoms with van der Waals surface area (Å²) in [5, 5.41) is 9.47. The molecule has 0 aromatic carbocycles. The van der Waals surface area contributed by atoms with Crippen LogP contribution >= 0.6 is 0 Å². The number of allylic oxidation sites excluding steroid dienone is 2. The van der Waals surface area contributed by atoms with Crippen molar-refractivity contribution < 1.29 is 5.11 Å². The predicted octanol–water partition coefficient (Wildman–Crippen LogP) is 3.16. The Morgan fingerprint density at radius 2 is 1.87 bits per heavy atom. The zero-order chi connectivity index (χ0) is 11.0. The van der Waals surface area contributed by atoms with Crippen LogP contribution in [0, 0.1) is 23.7 Å². The second kappa shape index (κ2) is 4.13. The van der Waals surface area contributed by atoms with Gasteiger partial charge in [-0.1, -0.05) is 12.2 Å². The van der Waals surface area contributed by atoms with Crippen LogP contribution in [-0.2, 0) is 0 Å². The third-order valence-corrected chi connectivity index (χ3v) is 4.41. The van der Waals surface area contributed by atoms with E-state index in [1.165, 1.54) is 19.3 Å². The number of hydrogen-bond acceptors (Lipinski definition) is 1. The topological polar surface area (TPSA) is 20.2 Å². The van der Waals surface area contributed by atoms with Crippen LogP contribution in [0.15, 0.2) is 24.3 Å². The minimum Gasteiger partial charge on any atom is -0.389 e. The molecule has 84 valence electrons. The van der Waals surface area contributed by atoms with E-state index in [9.17, 15) is 5.11 Å². The zero-order valence-electron chi connectivity index (χ0n) is 9.82. The maximum absolute atomic E-state index is 9.47. The lowest BCUT2D eigenvalue weighted by Crippen LogP contribution is -2.16. The van der Waals surface area contributed by atoms with Gasteiger partial charge in [0.2, 0.25) is 0 Å². The molecule has 2 saturated carbocycles. The van der Waals surface area contributed by atoms with Crippen LogP contribution in [0.1, 0.15) is 33.1 Å². The van der Waals surface area contributed by atoms with Crippen molar-refractivity contribution in [1.82, 2.24) is 0 Å². The highest BCUT2D eigenvalue weighted by Gasteiger charge is 2.43. The molecule has 0 heterocycles. The standard InChI is InChI=1S/C14H22O/c1-4-11-6-14-8-13(11)7-12(14)5-9(2)10(3)15/h4-5,10-15H,1,6-8H2,2-3H3. The lowest BCUT2D eigenvalue weighted by atomic mass is 9.81. The molecule has 0 saturated heterocycles. The summed E-state index contributed by atoms with van der Waals surface area (Å²) in [5.74, 6) is 3.22. The second-order valence-corrected chi connectivity index (χ2v) is 5.38. The van der Waals surface area contributed by atoms with E-state index in [1.807, 2.05) is 13.8 Å². The normalized spacial score (nSPS) is 41.9. The lowest BCUT2D eigenvalue weighted by Gasteiger charge is -2.24. The Bertz CT molecular complexity index is 277. The van der Waals surface area contributed by atoms with E-state index in [0.717, 1.165) is 29.2 Å². The van der Waals surface area contributed by atoms with Crippen molar-refractivity contribution in [2.45, 2.75) is 39.2 Å². The number of rotatable bonds is 3. The summed E-state index contributed by atoms with van der Waals surface area (Å²) in [7, 11) is 0. The summed E-state index contributed by atoms with van der Waals surface area (Å²) in [6.07, 6.45) is 8.19. The van der Waals surface area contributed by atoms with Gasteiger partial charge in [0.1, 0.15) is 0 Å². The Morgan fingerprint density at radius 1 is 1.27 bits per heavy atom. The van der Waals surface area contributed by atoms with E-state index in [1.54, 1.807) is 0 Å². The molecule has 0 aliphatic heterocycles. The summed E-state index contributed by atoms with van der Waals surface area (Å²) in [4.78, 5) is 0. The molecular formula is C14H22O. The minimum atomic E-state index is -0.278. The largest absolute Gasteiger partial charge is 0.389 e. The summed E-state index contributed by atoms with van der Waals surface area (Å²) in [6, 6.07) is 0. The molecule has 0 radical (unpaired) electrons. The van der Waals surface area contributed by atoms with Crippen molar-refractivity contribution in [3.05, 3.63) is 24.3 Å². The van der Waals surface area contributed by atoms with Crippen molar-refractivity contribution in [2.24, 2.45) is 23.7 Å². The first-order valence-corrected chi connectivity index (χ1v) is 6.10. The van der Waals surface area contributed by atoms with Gasteiger partial charge in [-0.25, -0.2) is 0 Å². The van der Waals surface area contributed by atoms with Crippen LogP contribution in [0.5, 0.6) is 0 Å². The van der Waals surface area contributed by atoms with E-state index in [2.05, 4.69) is 18.7 Å². The number of aliphatic hydroxyl groups is 1. The van der Waals surface area contributed by atoms with Crippen molar-refractivity contribution in [3.8, 4) is 0 Å². The number of hydrogen-bond donors (Lipinski definition) is 1. The quantitative estimate of drug-likeness (QED) is 0.703. The molecule has 0 amide bonds. The Labute approximate surface area is 92.9 Å². The summed E-state index contributed by atoms with van der Waals surface area (Å²) >= 11 is 0. The maximum Gasteiger partial charge on any atom is 0.0719 e. The first-order chi connectivity index (χ1) is 7.11. The summed E-state index contributed by atoms with van der Waals surface area (Å²) in [6.45, 7) is 7.82. The van der Waals surface area contributed by atoms with Crippen molar-refractivity contribution >= 4 is 0 Å². The Kier molecular flexibility index (Phi) is 3.01. The van der Waals surface area contributed by atoms with Gasteiger partial charge in [-0.3, -0.25) is 0 Å². The van der Waals surface area contributed by atoms with Gasteiger partial charge < -0.3 is 5.11 Å². The highest BCUT2D eigenvalue weighted by molar-refractivity contribution is 5.12. The molecule has 1 nitrogen and oxygen atoms in total. The molecule has 0 spiro atoms. The Balaban J connectivity index is 2.00. The van der Waals surface area contributed by atoms with Crippen LogP contribution in [0.25, 0.3) is 0 Å². The average molecular weight is 206 g/mol. The van der Waals surface area contributed by atoms with Crippen molar-refractivity contribution in [1.29, 1.82) is 0 Å². The molecule has 5 atom stereocenters. The minimum absolute atomic E-state index is 0.278.